The van der Waals surface area contributed by atoms with E-state index in [9.17, 15) is 0 Å². The van der Waals surface area contributed by atoms with Crippen LogP contribution < -0.4 is 10.6 Å². The van der Waals surface area contributed by atoms with Gasteiger partial charge in [0.05, 0.1) is 5.69 Å². The molecule has 2 aromatic rings. The summed E-state index contributed by atoms with van der Waals surface area (Å²) in [6, 6.07) is 12.3. The van der Waals surface area contributed by atoms with E-state index in [1.165, 1.54) is 16.7 Å². The Hall–Kier alpha value is -1.39. The molecule has 0 spiro atoms. The summed E-state index contributed by atoms with van der Waals surface area (Å²) in [4.78, 5) is 0. The minimum atomic E-state index is 0.590. The molecule has 2 nitrogen and oxygen atoms in total. The number of para-hydroxylation sites is 1. The molecule has 0 aliphatic heterocycles. The fraction of sp³-hybridized carbons (Fsp3) is 0.188. The summed E-state index contributed by atoms with van der Waals surface area (Å²) in [6.07, 6.45) is 0. The maximum Gasteiger partial charge on any atom is 0.175 e. The number of benzene rings is 2. The highest BCUT2D eigenvalue weighted by atomic mass is 79.9. The normalized spacial score (nSPS) is 10.2. The number of thiocarbonyl (C=S) groups is 1. The summed E-state index contributed by atoms with van der Waals surface area (Å²) < 4.78 is 1.00. The van der Waals surface area contributed by atoms with Crippen molar-refractivity contribution in [2.24, 2.45) is 0 Å². The first-order chi connectivity index (χ1) is 9.47. The summed E-state index contributed by atoms with van der Waals surface area (Å²) in [7, 11) is 0. The molecule has 0 aromatic heterocycles. The van der Waals surface area contributed by atoms with Crippen molar-refractivity contribution >= 4 is 44.6 Å². The van der Waals surface area contributed by atoms with E-state index in [0.29, 0.717) is 5.11 Å². The number of hydrogen-bond donors (Lipinski definition) is 2. The second-order valence-corrected chi connectivity index (χ2v) is 6.09. The first-order valence-electron chi connectivity index (χ1n) is 6.38. The van der Waals surface area contributed by atoms with Crippen LogP contribution in [0.2, 0.25) is 0 Å². The first-order valence-corrected chi connectivity index (χ1v) is 7.58. The molecule has 0 atom stereocenters. The van der Waals surface area contributed by atoms with Crippen molar-refractivity contribution in [3.8, 4) is 0 Å². The third-order valence-corrected chi connectivity index (χ3v) is 3.95. The molecular formula is C16H17BrN2S. The number of nitrogens with one attached hydrogen (secondary N) is 2. The smallest absolute Gasteiger partial charge is 0.175 e. The lowest BCUT2D eigenvalue weighted by molar-refractivity contribution is 1.37. The van der Waals surface area contributed by atoms with Gasteiger partial charge in [0.15, 0.2) is 5.11 Å². The molecule has 20 heavy (non-hydrogen) atoms. The average molecular weight is 349 g/mol. The molecule has 2 aromatic carbocycles. The number of rotatable bonds is 2. The lowest BCUT2D eigenvalue weighted by atomic mass is 10.1. The molecule has 2 rings (SSSR count). The van der Waals surface area contributed by atoms with Crippen molar-refractivity contribution in [3.63, 3.8) is 0 Å². The topological polar surface area (TPSA) is 24.1 Å². The van der Waals surface area contributed by atoms with Crippen molar-refractivity contribution in [2.75, 3.05) is 10.6 Å². The summed E-state index contributed by atoms with van der Waals surface area (Å²) >= 11 is 8.93. The van der Waals surface area contributed by atoms with Crippen LogP contribution in [0.15, 0.2) is 40.9 Å². The monoisotopic (exact) mass is 348 g/mol. The zero-order chi connectivity index (χ0) is 14.7. The molecule has 104 valence electrons. The van der Waals surface area contributed by atoms with Crippen molar-refractivity contribution in [1.82, 2.24) is 0 Å². The highest BCUT2D eigenvalue weighted by molar-refractivity contribution is 9.10. The Morgan fingerprint density at radius 3 is 2.25 bits per heavy atom. The van der Waals surface area contributed by atoms with Gasteiger partial charge < -0.3 is 10.6 Å². The van der Waals surface area contributed by atoms with Crippen LogP contribution in [-0.4, -0.2) is 5.11 Å². The fourth-order valence-corrected chi connectivity index (χ4v) is 2.80. The van der Waals surface area contributed by atoms with Gasteiger partial charge in [-0.1, -0.05) is 24.3 Å². The van der Waals surface area contributed by atoms with Gasteiger partial charge in [0.1, 0.15) is 0 Å². The molecule has 0 aliphatic carbocycles. The largest absolute Gasteiger partial charge is 0.332 e. The van der Waals surface area contributed by atoms with Crippen molar-refractivity contribution in [3.05, 3.63) is 57.6 Å². The zero-order valence-electron chi connectivity index (χ0n) is 11.8. The number of anilines is 2. The predicted octanol–water partition coefficient (Wildman–Crippen LogP) is 5.18. The maximum absolute atomic E-state index is 5.39. The second kappa shape index (κ2) is 6.37. The van der Waals surface area contributed by atoms with Gasteiger partial charge in [-0.3, -0.25) is 0 Å². The Labute approximate surface area is 133 Å². The Morgan fingerprint density at radius 1 is 1.00 bits per heavy atom. The third kappa shape index (κ3) is 3.58. The van der Waals surface area contributed by atoms with Crippen LogP contribution in [0.25, 0.3) is 0 Å². The van der Waals surface area contributed by atoms with Crippen molar-refractivity contribution in [1.29, 1.82) is 0 Å². The zero-order valence-corrected chi connectivity index (χ0v) is 14.2. The van der Waals surface area contributed by atoms with Gasteiger partial charge in [-0.05, 0) is 77.7 Å². The van der Waals surface area contributed by atoms with E-state index in [4.69, 9.17) is 12.2 Å². The van der Waals surface area contributed by atoms with E-state index in [1.54, 1.807) is 0 Å². The van der Waals surface area contributed by atoms with E-state index >= 15 is 0 Å². The van der Waals surface area contributed by atoms with Crippen LogP contribution in [0.3, 0.4) is 0 Å². The van der Waals surface area contributed by atoms with E-state index in [2.05, 4.69) is 71.6 Å². The van der Waals surface area contributed by atoms with Gasteiger partial charge in [0, 0.05) is 10.2 Å². The van der Waals surface area contributed by atoms with Crippen molar-refractivity contribution in [2.45, 2.75) is 20.8 Å². The quantitative estimate of drug-likeness (QED) is 0.730. The molecule has 2 N–H and O–H groups in total. The lowest BCUT2D eigenvalue weighted by Crippen LogP contribution is -2.20. The summed E-state index contributed by atoms with van der Waals surface area (Å²) in [5.41, 5.74) is 5.58. The summed E-state index contributed by atoms with van der Waals surface area (Å²) in [5.74, 6) is 0. The van der Waals surface area contributed by atoms with Gasteiger partial charge in [0.2, 0.25) is 0 Å². The molecule has 0 fully saturated rings. The van der Waals surface area contributed by atoms with Gasteiger partial charge in [-0.2, -0.15) is 0 Å². The molecule has 4 heteroatoms. The minimum absolute atomic E-state index is 0.590. The van der Waals surface area contributed by atoms with Gasteiger partial charge in [-0.25, -0.2) is 0 Å². The number of hydrogen-bond acceptors (Lipinski definition) is 1. The third-order valence-electron chi connectivity index (χ3n) is 3.09. The van der Waals surface area contributed by atoms with Crippen LogP contribution >= 0.6 is 28.1 Å². The predicted molar refractivity (Wildman–Crippen MR) is 94.6 cm³/mol. The summed E-state index contributed by atoms with van der Waals surface area (Å²) in [5, 5.41) is 7.07. The van der Waals surface area contributed by atoms with E-state index in [0.717, 1.165) is 15.8 Å². The fourth-order valence-electron chi connectivity index (χ4n) is 2.00. The number of aryl methyl sites for hydroxylation is 3. The standard InChI is InChI=1S/C16H17BrN2S/c1-10-7-8-14(13(17)9-10)18-16(20)19-15-11(2)5-4-6-12(15)3/h4-9H,1-3H3,(H2,18,19,20). The molecule has 0 bridgehead atoms. The Kier molecular flexibility index (Phi) is 4.78. The van der Waals surface area contributed by atoms with E-state index in [1.807, 2.05) is 12.1 Å². The molecule has 0 unspecified atom stereocenters. The Balaban J connectivity index is 2.13. The maximum atomic E-state index is 5.39. The highest BCUT2D eigenvalue weighted by Gasteiger charge is 2.06. The highest BCUT2D eigenvalue weighted by Crippen LogP contribution is 2.24. The van der Waals surface area contributed by atoms with Gasteiger partial charge in [-0.15, -0.1) is 0 Å². The van der Waals surface area contributed by atoms with Crippen LogP contribution in [0.1, 0.15) is 16.7 Å². The first kappa shape index (κ1) is 15.0. The molecule has 0 radical (unpaired) electrons. The van der Waals surface area contributed by atoms with Gasteiger partial charge in [0.25, 0.3) is 0 Å². The molecule has 0 aliphatic rings. The Morgan fingerprint density at radius 2 is 1.65 bits per heavy atom. The average Bonchev–Trinajstić information content (AvgIpc) is 2.37. The Bertz CT molecular complexity index is 633. The molecular weight excluding hydrogens is 332 g/mol. The lowest BCUT2D eigenvalue weighted by Gasteiger charge is -2.15. The molecule has 0 saturated heterocycles. The second-order valence-electron chi connectivity index (χ2n) is 4.83. The summed E-state index contributed by atoms with van der Waals surface area (Å²) in [6.45, 7) is 6.20. The SMILES string of the molecule is Cc1ccc(NC(=S)Nc2c(C)cccc2C)c(Br)c1. The van der Waals surface area contributed by atoms with Gasteiger partial charge >= 0.3 is 0 Å². The minimum Gasteiger partial charge on any atom is -0.332 e. The van der Waals surface area contributed by atoms with E-state index < -0.39 is 0 Å². The van der Waals surface area contributed by atoms with Crippen LogP contribution in [-0.2, 0) is 0 Å². The van der Waals surface area contributed by atoms with Crippen LogP contribution in [0.4, 0.5) is 11.4 Å². The van der Waals surface area contributed by atoms with E-state index in [-0.39, 0.29) is 0 Å². The molecule has 0 saturated carbocycles. The van der Waals surface area contributed by atoms with Crippen molar-refractivity contribution < 1.29 is 0 Å². The molecule has 0 amide bonds. The number of halogens is 1. The van der Waals surface area contributed by atoms with Crippen LogP contribution in [0.5, 0.6) is 0 Å². The molecule has 0 heterocycles. The van der Waals surface area contributed by atoms with Crippen LogP contribution in [0, 0.1) is 20.8 Å².